The van der Waals surface area contributed by atoms with Crippen molar-refractivity contribution in [3.63, 3.8) is 0 Å². The SMILES string of the molecule is FC(F)[C@H]1C[C@@H](C2CCCN(CC3CCCCC3)C2)Nc2ncnn21. The molecule has 1 aliphatic carbocycles. The Kier molecular flexibility index (Phi) is 5.20. The maximum absolute atomic E-state index is 13.5. The lowest BCUT2D eigenvalue weighted by Crippen LogP contribution is -2.47. The average Bonchev–Trinajstić information content (AvgIpc) is 3.10. The van der Waals surface area contributed by atoms with E-state index in [1.54, 1.807) is 0 Å². The van der Waals surface area contributed by atoms with Crippen LogP contribution < -0.4 is 5.32 Å². The van der Waals surface area contributed by atoms with Crippen molar-refractivity contribution in [3.8, 4) is 0 Å². The first-order valence-electron chi connectivity index (χ1n) is 9.87. The molecule has 7 heteroatoms. The number of nitrogens with one attached hydrogen (secondary N) is 1. The van der Waals surface area contributed by atoms with Gasteiger partial charge in [-0.25, -0.2) is 13.5 Å². The Bertz CT molecular complexity index is 557. The van der Waals surface area contributed by atoms with Gasteiger partial charge in [0.05, 0.1) is 0 Å². The first-order valence-corrected chi connectivity index (χ1v) is 9.87. The highest BCUT2D eigenvalue weighted by Crippen LogP contribution is 2.35. The Balaban J connectivity index is 1.39. The monoisotopic (exact) mass is 353 g/mol. The molecule has 1 aromatic heterocycles. The molecule has 2 aliphatic heterocycles. The molecule has 4 rings (SSSR count). The third-order valence-corrected chi connectivity index (χ3v) is 6.34. The van der Waals surface area contributed by atoms with Crippen molar-refractivity contribution in [2.24, 2.45) is 11.8 Å². The van der Waals surface area contributed by atoms with Crippen LogP contribution in [0.2, 0.25) is 0 Å². The topological polar surface area (TPSA) is 46.0 Å². The van der Waals surface area contributed by atoms with Gasteiger partial charge in [0, 0.05) is 19.1 Å². The highest BCUT2D eigenvalue weighted by Gasteiger charge is 2.38. The van der Waals surface area contributed by atoms with E-state index in [0.29, 0.717) is 18.3 Å². The van der Waals surface area contributed by atoms with Crippen molar-refractivity contribution in [2.45, 2.75) is 69.9 Å². The van der Waals surface area contributed by atoms with Crippen molar-refractivity contribution >= 4 is 5.95 Å². The summed E-state index contributed by atoms with van der Waals surface area (Å²) in [6.45, 7) is 3.38. The second-order valence-corrected chi connectivity index (χ2v) is 8.08. The lowest BCUT2D eigenvalue weighted by atomic mass is 9.84. The average molecular weight is 353 g/mol. The van der Waals surface area contributed by atoms with Crippen LogP contribution in [0.3, 0.4) is 0 Å². The van der Waals surface area contributed by atoms with E-state index in [0.717, 1.165) is 25.4 Å². The molecule has 1 N–H and O–H groups in total. The summed E-state index contributed by atoms with van der Waals surface area (Å²) >= 11 is 0. The van der Waals surface area contributed by atoms with Crippen LogP contribution in [0.25, 0.3) is 0 Å². The third-order valence-electron chi connectivity index (χ3n) is 6.34. The molecule has 0 amide bonds. The Hall–Kier alpha value is -1.24. The highest BCUT2D eigenvalue weighted by atomic mass is 19.3. The molecule has 5 nitrogen and oxygen atoms in total. The quantitative estimate of drug-likeness (QED) is 0.899. The number of hydrogen-bond acceptors (Lipinski definition) is 4. The molecular weight excluding hydrogens is 324 g/mol. The van der Waals surface area contributed by atoms with Gasteiger partial charge < -0.3 is 10.2 Å². The number of rotatable bonds is 4. The fourth-order valence-electron chi connectivity index (χ4n) is 5.02. The summed E-state index contributed by atoms with van der Waals surface area (Å²) in [6, 6.07) is -0.776. The number of alkyl halides is 2. The van der Waals surface area contributed by atoms with Crippen LogP contribution in [0, 0.1) is 11.8 Å². The van der Waals surface area contributed by atoms with Crippen molar-refractivity contribution in [2.75, 3.05) is 25.0 Å². The van der Waals surface area contributed by atoms with Crippen molar-refractivity contribution in [3.05, 3.63) is 6.33 Å². The van der Waals surface area contributed by atoms with Crippen molar-refractivity contribution in [1.29, 1.82) is 0 Å². The second-order valence-electron chi connectivity index (χ2n) is 8.08. The van der Waals surface area contributed by atoms with Gasteiger partial charge in [0.1, 0.15) is 12.4 Å². The zero-order valence-corrected chi connectivity index (χ0v) is 14.8. The molecule has 1 saturated carbocycles. The van der Waals surface area contributed by atoms with Gasteiger partial charge in [0.25, 0.3) is 6.43 Å². The molecule has 2 fully saturated rings. The summed E-state index contributed by atoms with van der Waals surface area (Å²) < 4.78 is 28.3. The largest absolute Gasteiger partial charge is 0.351 e. The summed E-state index contributed by atoms with van der Waals surface area (Å²) in [6.07, 6.45) is 8.55. The molecule has 0 aromatic carbocycles. The highest BCUT2D eigenvalue weighted by molar-refractivity contribution is 5.29. The minimum atomic E-state index is -2.40. The first kappa shape index (κ1) is 17.2. The predicted molar refractivity (Wildman–Crippen MR) is 92.8 cm³/mol. The summed E-state index contributed by atoms with van der Waals surface area (Å²) in [5.41, 5.74) is 0. The van der Waals surface area contributed by atoms with E-state index in [4.69, 9.17) is 0 Å². The zero-order valence-electron chi connectivity index (χ0n) is 14.8. The van der Waals surface area contributed by atoms with E-state index < -0.39 is 12.5 Å². The molecule has 140 valence electrons. The van der Waals surface area contributed by atoms with Crippen LogP contribution in [0.15, 0.2) is 6.33 Å². The van der Waals surface area contributed by atoms with Crippen LogP contribution in [0.1, 0.15) is 57.4 Å². The number of piperidine rings is 1. The standard InChI is InChI=1S/C18H29F2N5/c19-17(20)16-9-15(23-18-21-12-22-25(16)18)14-7-4-8-24(11-14)10-13-5-2-1-3-6-13/h12-17H,1-11H2,(H,21,22,23)/t14?,15-,16+/m0/s1. The molecular formula is C18H29F2N5. The molecule has 1 aromatic rings. The zero-order chi connectivity index (χ0) is 17.2. The minimum absolute atomic E-state index is 0.0739. The Labute approximate surface area is 148 Å². The third kappa shape index (κ3) is 3.81. The molecule has 1 saturated heterocycles. The van der Waals surface area contributed by atoms with E-state index in [9.17, 15) is 8.78 Å². The van der Waals surface area contributed by atoms with E-state index in [1.807, 2.05) is 0 Å². The minimum Gasteiger partial charge on any atom is -0.351 e. The normalized spacial score (nSPS) is 31.7. The van der Waals surface area contributed by atoms with E-state index >= 15 is 0 Å². The first-order chi connectivity index (χ1) is 12.2. The molecule has 0 spiro atoms. The van der Waals surface area contributed by atoms with E-state index in [1.165, 1.54) is 56.1 Å². The number of likely N-dealkylation sites (tertiary alicyclic amines) is 1. The van der Waals surface area contributed by atoms with E-state index in [-0.39, 0.29) is 6.04 Å². The maximum Gasteiger partial charge on any atom is 0.260 e. The predicted octanol–water partition coefficient (Wildman–Crippen LogP) is 3.56. The van der Waals surface area contributed by atoms with Crippen LogP contribution in [-0.4, -0.2) is 51.8 Å². The van der Waals surface area contributed by atoms with Gasteiger partial charge in [-0.3, -0.25) is 0 Å². The lowest BCUT2D eigenvalue weighted by Gasteiger charge is -2.41. The van der Waals surface area contributed by atoms with Gasteiger partial charge in [-0.15, -0.1) is 0 Å². The molecule has 1 unspecified atom stereocenters. The Morgan fingerprint density at radius 1 is 1.16 bits per heavy atom. The number of aromatic nitrogens is 3. The summed E-state index contributed by atoms with van der Waals surface area (Å²) in [7, 11) is 0. The number of hydrogen-bond donors (Lipinski definition) is 1. The number of nitrogens with zero attached hydrogens (tertiary/aromatic N) is 4. The van der Waals surface area contributed by atoms with Crippen molar-refractivity contribution in [1.82, 2.24) is 19.7 Å². The van der Waals surface area contributed by atoms with Gasteiger partial charge >= 0.3 is 0 Å². The Morgan fingerprint density at radius 3 is 2.80 bits per heavy atom. The van der Waals surface area contributed by atoms with E-state index in [2.05, 4.69) is 20.3 Å². The van der Waals surface area contributed by atoms with Gasteiger partial charge in [-0.05, 0) is 50.5 Å². The maximum atomic E-state index is 13.5. The lowest BCUT2D eigenvalue weighted by molar-refractivity contribution is 0.0538. The summed E-state index contributed by atoms with van der Waals surface area (Å²) in [4.78, 5) is 6.73. The molecule has 0 radical (unpaired) electrons. The number of anilines is 1. The molecule has 3 atom stereocenters. The van der Waals surface area contributed by atoms with Crippen LogP contribution in [0.4, 0.5) is 14.7 Å². The van der Waals surface area contributed by atoms with Gasteiger partial charge in [0.2, 0.25) is 5.95 Å². The summed E-state index contributed by atoms with van der Waals surface area (Å²) in [5, 5.41) is 7.37. The second kappa shape index (κ2) is 7.56. The van der Waals surface area contributed by atoms with Crippen molar-refractivity contribution < 1.29 is 8.78 Å². The van der Waals surface area contributed by atoms with Crippen LogP contribution >= 0.6 is 0 Å². The fourth-order valence-corrected chi connectivity index (χ4v) is 5.02. The number of halogens is 2. The van der Waals surface area contributed by atoms with Crippen LogP contribution in [0.5, 0.6) is 0 Å². The van der Waals surface area contributed by atoms with Gasteiger partial charge in [0.15, 0.2) is 0 Å². The smallest absolute Gasteiger partial charge is 0.260 e. The van der Waals surface area contributed by atoms with Gasteiger partial charge in [-0.2, -0.15) is 10.1 Å². The molecule has 3 heterocycles. The molecule has 25 heavy (non-hydrogen) atoms. The number of fused-ring (bicyclic) bond motifs is 1. The van der Waals surface area contributed by atoms with Crippen LogP contribution in [-0.2, 0) is 0 Å². The Morgan fingerprint density at radius 2 is 2.00 bits per heavy atom. The molecule has 3 aliphatic rings. The summed E-state index contributed by atoms with van der Waals surface area (Å²) in [5.74, 6) is 1.76. The fraction of sp³-hybridized carbons (Fsp3) is 0.889. The van der Waals surface area contributed by atoms with Gasteiger partial charge in [-0.1, -0.05) is 19.3 Å². The molecule has 0 bridgehead atoms.